The van der Waals surface area contributed by atoms with Crippen molar-refractivity contribution >= 4 is 11.9 Å². The molecule has 0 radical (unpaired) electrons. The first-order valence-electron chi connectivity index (χ1n) is 7.98. The standard InChI is InChI=1S/C18H17NO8/c20-17(27-16-5-2-1-4-15(16)18(21)22)12-13-6-8-14(9-7-13)25-10-3-11-26-19(23)24/h1-2,4-9H,3,10-12H2,(H,21,22). The first-order chi connectivity index (χ1) is 13.0. The van der Waals surface area contributed by atoms with Gasteiger partial charge in [-0.25, -0.2) is 4.79 Å². The minimum Gasteiger partial charge on any atom is -0.494 e. The third kappa shape index (κ3) is 6.65. The Balaban J connectivity index is 1.83. The van der Waals surface area contributed by atoms with Crippen molar-refractivity contribution in [2.24, 2.45) is 0 Å². The summed E-state index contributed by atoms with van der Waals surface area (Å²) in [4.78, 5) is 37.3. The summed E-state index contributed by atoms with van der Waals surface area (Å²) < 4.78 is 10.5. The lowest BCUT2D eigenvalue weighted by Gasteiger charge is -2.08. The third-order valence-electron chi connectivity index (χ3n) is 3.37. The highest BCUT2D eigenvalue weighted by Crippen LogP contribution is 2.19. The molecule has 0 aliphatic carbocycles. The van der Waals surface area contributed by atoms with Crippen LogP contribution in [0.5, 0.6) is 11.5 Å². The van der Waals surface area contributed by atoms with E-state index in [4.69, 9.17) is 14.6 Å². The molecule has 2 rings (SSSR count). The van der Waals surface area contributed by atoms with Gasteiger partial charge in [-0.15, -0.1) is 10.1 Å². The summed E-state index contributed by atoms with van der Waals surface area (Å²) >= 11 is 0. The molecule has 142 valence electrons. The van der Waals surface area contributed by atoms with Gasteiger partial charge in [0.1, 0.15) is 17.1 Å². The Morgan fingerprint density at radius 2 is 1.74 bits per heavy atom. The molecule has 0 unspecified atom stereocenters. The SMILES string of the molecule is O=C(Cc1ccc(OCCCO[N+](=O)[O-])cc1)Oc1ccccc1C(=O)O. The van der Waals surface area contributed by atoms with Crippen molar-refractivity contribution in [1.29, 1.82) is 0 Å². The number of hydrogen-bond donors (Lipinski definition) is 1. The van der Waals surface area contributed by atoms with E-state index >= 15 is 0 Å². The van der Waals surface area contributed by atoms with Gasteiger partial charge in [-0.2, -0.15) is 0 Å². The summed E-state index contributed by atoms with van der Waals surface area (Å²) in [6.45, 7) is 0.204. The second kappa shape index (κ2) is 9.76. The van der Waals surface area contributed by atoms with Crippen LogP contribution in [0.15, 0.2) is 48.5 Å². The van der Waals surface area contributed by atoms with Gasteiger partial charge >= 0.3 is 11.9 Å². The van der Waals surface area contributed by atoms with E-state index in [1.807, 2.05) is 0 Å². The van der Waals surface area contributed by atoms with Gasteiger partial charge in [-0.3, -0.25) is 4.79 Å². The van der Waals surface area contributed by atoms with E-state index in [1.165, 1.54) is 12.1 Å². The Kier molecular flexibility index (Phi) is 7.12. The first-order valence-corrected chi connectivity index (χ1v) is 7.98. The maximum Gasteiger partial charge on any atom is 0.339 e. The molecule has 1 N–H and O–H groups in total. The van der Waals surface area contributed by atoms with Crippen LogP contribution in [-0.2, 0) is 16.1 Å². The van der Waals surface area contributed by atoms with Crippen LogP contribution < -0.4 is 9.47 Å². The van der Waals surface area contributed by atoms with Crippen LogP contribution in [0.2, 0.25) is 0 Å². The van der Waals surface area contributed by atoms with Crippen LogP contribution in [0.1, 0.15) is 22.3 Å². The second-order valence-corrected chi connectivity index (χ2v) is 5.35. The number of hydrogen-bond acceptors (Lipinski definition) is 7. The summed E-state index contributed by atoms with van der Waals surface area (Å²) in [5.74, 6) is -1.23. The van der Waals surface area contributed by atoms with Gasteiger partial charge in [0.05, 0.1) is 19.6 Å². The summed E-state index contributed by atoms with van der Waals surface area (Å²) in [5, 5.41) is 18.2. The number of carbonyl (C=O) groups excluding carboxylic acids is 1. The predicted molar refractivity (Wildman–Crippen MR) is 92.2 cm³/mol. The van der Waals surface area contributed by atoms with Crippen LogP contribution >= 0.6 is 0 Å². The number of rotatable bonds is 10. The molecule has 0 saturated heterocycles. The van der Waals surface area contributed by atoms with Crippen LogP contribution in [-0.4, -0.2) is 35.3 Å². The van der Waals surface area contributed by atoms with E-state index in [1.54, 1.807) is 36.4 Å². The number of para-hydroxylation sites is 1. The Bertz CT molecular complexity index is 803. The van der Waals surface area contributed by atoms with Crippen molar-refractivity contribution in [3.8, 4) is 11.5 Å². The fraction of sp³-hybridized carbons (Fsp3) is 0.222. The number of carbonyl (C=O) groups is 2. The zero-order valence-electron chi connectivity index (χ0n) is 14.2. The molecule has 0 aliphatic heterocycles. The summed E-state index contributed by atoms with van der Waals surface area (Å²) in [7, 11) is 0. The molecule has 0 fully saturated rings. The van der Waals surface area contributed by atoms with Gasteiger partial charge in [-0.05, 0) is 29.8 Å². The lowest BCUT2D eigenvalue weighted by Crippen LogP contribution is -2.13. The van der Waals surface area contributed by atoms with E-state index < -0.39 is 17.0 Å². The largest absolute Gasteiger partial charge is 0.494 e. The summed E-state index contributed by atoms with van der Waals surface area (Å²) in [5.41, 5.74) is 0.576. The highest BCUT2D eigenvalue weighted by Gasteiger charge is 2.14. The van der Waals surface area contributed by atoms with E-state index in [0.717, 1.165) is 0 Å². The third-order valence-corrected chi connectivity index (χ3v) is 3.37. The van der Waals surface area contributed by atoms with Crippen molar-refractivity contribution < 1.29 is 34.1 Å². The second-order valence-electron chi connectivity index (χ2n) is 5.35. The van der Waals surface area contributed by atoms with Gasteiger partial charge < -0.3 is 19.4 Å². The smallest absolute Gasteiger partial charge is 0.339 e. The fourth-order valence-electron chi connectivity index (χ4n) is 2.15. The van der Waals surface area contributed by atoms with Crippen LogP contribution in [0.3, 0.4) is 0 Å². The summed E-state index contributed by atoms with van der Waals surface area (Å²) in [6.07, 6.45) is 0.322. The summed E-state index contributed by atoms with van der Waals surface area (Å²) in [6, 6.07) is 12.6. The molecule has 9 heteroatoms. The van der Waals surface area contributed by atoms with Crippen LogP contribution in [0, 0.1) is 10.1 Å². The van der Waals surface area contributed by atoms with E-state index in [9.17, 15) is 19.7 Å². The molecule has 0 bridgehead atoms. The number of benzene rings is 2. The Hall–Kier alpha value is -3.62. The minimum atomic E-state index is -1.18. The molecule has 27 heavy (non-hydrogen) atoms. The maximum absolute atomic E-state index is 12.0. The maximum atomic E-state index is 12.0. The van der Waals surface area contributed by atoms with Crippen molar-refractivity contribution in [3.05, 3.63) is 69.8 Å². The molecular formula is C18H17NO8. The minimum absolute atomic E-state index is 0.00750. The van der Waals surface area contributed by atoms with Gasteiger partial charge in [0.25, 0.3) is 5.09 Å². The number of aromatic carboxylic acids is 1. The van der Waals surface area contributed by atoms with Gasteiger partial charge in [-0.1, -0.05) is 24.3 Å². The lowest BCUT2D eigenvalue weighted by molar-refractivity contribution is -0.757. The van der Waals surface area contributed by atoms with Crippen molar-refractivity contribution in [1.82, 2.24) is 0 Å². The Morgan fingerprint density at radius 3 is 2.41 bits per heavy atom. The van der Waals surface area contributed by atoms with Gasteiger partial charge in [0, 0.05) is 6.42 Å². The Labute approximate surface area is 154 Å². The van der Waals surface area contributed by atoms with Crippen molar-refractivity contribution in [2.75, 3.05) is 13.2 Å². The predicted octanol–water partition coefficient (Wildman–Crippen LogP) is 2.51. The fourth-order valence-corrected chi connectivity index (χ4v) is 2.15. The van der Waals surface area contributed by atoms with Crippen molar-refractivity contribution in [3.63, 3.8) is 0 Å². The van der Waals surface area contributed by atoms with E-state index in [0.29, 0.717) is 17.7 Å². The molecule has 0 spiro atoms. The molecule has 0 heterocycles. The average Bonchev–Trinajstić information content (AvgIpc) is 2.62. The zero-order chi connectivity index (χ0) is 19.6. The number of carboxylic acid groups (broad SMARTS) is 1. The number of carboxylic acids is 1. The molecule has 9 nitrogen and oxygen atoms in total. The van der Waals surface area contributed by atoms with Crippen LogP contribution in [0.4, 0.5) is 0 Å². The normalized spacial score (nSPS) is 10.1. The molecule has 0 aliphatic rings. The molecule has 0 amide bonds. The molecule has 0 aromatic heterocycles. The quantitative estimate of drug-likeness (QED) is 0.221. The molecule has 0 atom stereocenters. The highest BCUT2D eigenvalue weighted by atomic mass is 16.9. The highest BCUT2D eigenvalue weighted by molar-refractivity contribution is 5.92. The molecular weight excluding hydrogens is 358 g/mol. The van der Waals surface area contributed by atoms with Crippen LogP contribution in [0.25, 0.3) is 0 Å². The van der Waals surface area contributed by atoms with Gasteiger partial charge in [0.15, 0.2) is 0 Å². The van der Waals surface area contributed by atoms with E-state index in [-0.39, 0.29) is 30.9 Å². The lowest BCUT2D eigenvalue weighted by atomic mass is 10.1. The monoisotopic (exact) mass is 375 g/mol. The number of nitrogens with zero attached hydrogens (tertiary/aromatic N) is 1. The zero-order valence-corrected chi connectivity index (χ0v) is 14.2. The van der Waals surface area contributed by atoms with Crippen molar-refractivity contribution in [2.45, 2.75) is 12.8 Å². The molecule has 2 aromatic carbocycles. The Morgan fingerprint density at radius 1 is 1.04 bits per heavy atom. The van der Waals surface area contributed by atoms with E-state index in [2.05, 4.69) is 4.84 Å². The molecule has 0 saturated carbocycles. The average molecular weight is 375 g/mol. The topological polar surface area (TPSA) is 125 Å². The number of ether oxygens (including phenoxy) is 2. The first kappa shape index (κ1) is 19.7. The number of esters is 1. The molecule has 2 aromatic rings. The van der Waals surface area contributed by atoms with Gasteiger partial charge in [0.2, 0.25) is 0 Å².